The predicted octanol–water partition coefficient (Wildman–Crippen LogP) is 4.53. The summed E-state index contributed by atoms with van der Waals surface area (Å²) in [5.41, 5.74) is 1.29. The molecule has 4 aromatic rings. The van der Waals surface area contributed by atoms with Crippen LogP contribution in [0.15, 0.2) is 60.0 Å². The molecule has 0 atom stereocenters. The van der Waals surface area contributed by atoms with Gasteiger partial charge in [0.1, 0.15) is 11.6 Å². The lowest BCUT2D eigenvalue weighted by atomic mass is 10.1. The van der Waals surface area contributed by atoms with Crippen molar-refractivity contribution in [2.24, 2.45) is 0 Å². The molecule has 0 aliphatic heterocycles. The van der Waals surface area contributed by atoms with Crippen LogP contribution in [0, 0.1) is 0 Å². The van der Waals surface area contributed by atoms with Gasteiger partial charge in [0, 0.05) is 16.5 Å². The normalized spacial score (nSPS) is 11.7. The standard InChI is InChI=1S/C18H12F3N5S/c19-18(20,21)14-8-4-7-13(9-14)16-23-25-26(24-16)10-15-11-27-17(22-15)12-5-2-1-3-6-12/h1-9,11H,10H2. The minimum Gasteiger partial charge on any atom is -0.239 e. The van der Waals surface area contributed by atoms with Gasteiger partial charge >= 0.3 is 6.18 Å². The number of hydrogen-bond donors (Lipinski definition) is 0. The van der Waals surface area contributed by atoms with Gasteiger partial charge in [-0.25, -0.2) is 4.98 Å². The number of hydrogen-bond acceptors (Lipinski definition) is 5. The van der Waals surface area contributed by atoms with Crippen molar-refractivity contribution in [2.45, 2.75) is 12.7 Å². The maximum Gasteiger partial charge on any atom is 0.416 e. The van der Waals surface area contributed by atoms with Gasteiger partial charge < -0.3 is 0 Å². The fourth-order valence-corrected chi connectivity index (χ4v) is 3.32. The van der Waals surface area contributed by atoms with E-state index in [4.69, 9.17) is 0 Å². The Morgan fingerprint density at radius 2 is 1.74 bits per heavy atom. The molecule has 0 saturated carbocycles. The molecule has 0 unspecified atom stereocenters. The van der Waals surface area contributed by atoms with E-state index in [0.29, 0.717) is 0 Å². The Balaban J connectivity index is 1.53. The summed E-state index contributed by atoms with van der Waals surface area (Å²) in [6, 6.07) is 14.6. The van der Waals surface area contributed by atoms with Crippen LogP contribution >= 0.6 is 11.3 Å². The van der Waals surface area contributed by atoms with Gasteiger partial charge in [-0.1, -0.05) is 42.5 Å². The second-order valence-corrected chi connectivity index (χ2v) is 6.59. The first kappa shape index (κ1) is 17.3. The highest BCUT2D eigenvalue weighted by Gasteiger charge is 2.30. The zero-order chi connectivity index (χ0) is 18.9. The van der Waals surface area contributed by atoms with E-state index in [0.717, 1.165) is 28.4 Å². The van der Waals surface area contributed by atoms with Gasteiger partial charge in [0.15, 0.2) is 0 Å². The van der Waals surface area contributed by atoms with Crippen LogP contribution in [-0.2, 0) is 12.7 Å². The van der Waals surface area contributed by atoms with Crippen molar-refractivity contribution in [3.8, 4) is 22.0 Å². The number of nitrogens with zero attached hydrogens (tertiary/aromatic N) is 5. The first-order valence-corrected chi connectivity index (χ1v) is 8.82. The van der Waals surface area contributed by atoms with Gasteiger partial charge in [0.25, 0.3) is 0 Å². The van der Waals surface area contributed by atoms with E-state index >= 15 is 0 Å². The van der Waals surface area contributed by atoms with Crippen LogP contribution in [0.2, 0.25) is 0 Å². The highest BCUT2D eigenvalue weighted by atomic mass is 32.1. The van der Waals surface area contributed by atoms with Crippen molar-refractivity contribution in [1.29, 1.82) is 0 Å². The topological polar surface area (TPSA) is 56.5 Å². The van der Waals surface area contributed by atoms with Crippen LogP contribution in [0.3, 0.4) is 0 Å². The van der Waals surface area contributed by atoms with Crippen molar-refractivity contribution >= 4 is 11.3 Å². The first-order valence-electron chi connectivity index (χ1n) is 7.94. The molecule has 0 amide bonds. The summed E-state index contributed by atoms with van der Waals surface area (Å²) in [6.07, 6.45) is -4.42. The monoisotopic (exact) mass is 387 g/mol. The Labute approximate surface area is 156 Å². The Bertz CT molecular complexity index is 1060. The van der Waals surface area contributed by atoms with Crippen molar-refractivity contribution in [3.63, 3.8) is 0 Å². The molecule has 0 aliphatic rings. The first-order chi connectivity index (χ1) is 13.0. The maximum absolute atomic E-state index is 12.8. The van der Waals surface area contributed by atoms with Crippen LogP contribution in [-0.4, -0.2) is 25.2 Å². The van der Waals surface area contributed by atoms with E-state index in [1.165, 1.54) is 28.3 Å². The summed E-state index contributed by atoms with van der Waals surface area (Å²) in [7, 11) is 0. The smallest absolute Gasteiger partial charge is 0.239 e. The van der Waals surface area contributed by atoms with Gasteiger partial charge in [0.05, 0.1) is 11.3 Å². The fourth-order valence-electron chi connectivity index (χ4n) is 2.50. The van der Waals surface area contributed by atoms with E-state index in [1.54, 1.807) is 0 Å². The van der Waals surface area contributed by atoms with Gasteiger partial charge in [-0.15, -0.1) is 21.5 Å². The van der Waals surface area contributed by atoms with Crippen LogP contribution in [0.1, 0.15) is 11.3 Å². The molecule has 2 heterocycles. The zero-order valence-electron chi connectivity index (χ0n) is 13.8. The molecule has 9 heteroatoms. The Hall–Kier alpha value is -3.07. The van der Waals surface area contributed by atoms with Crippen LogP contribution in [0.5, 0.6) is 0 Å². The number of benzene rings is 2. The quantitative estimate of drug-likeness (QED) is 0.516. The number of rotatable bonds is 4. The predicted molar refractivity (Wildman–Crippen MR) is 94.9 cm³/mol. The fraction of sp³-hybridized carbons (Fsp3) is 0.111. The largest absolute Gasteiger partial charge is 0.416 e. The second kappa shape index (κ2) is 6.92. The molecule has 4 rings (SSSR count). The van der Waals surface area contributed by atoms with Gasteiger partial charge in [-0.2, -0.15) is 18.0 Å². The van der Waals surface area contributed by atoms with Crippen LogP contribution in [0.4, 0.5) is 13.2 Å². The van der Waals surface area contributed by atoms with Crippen molar-refractivity contribution in [1.82, 2.24) is 25.2 Å². The van der Waals surface area contributed by atoms with E-state index in [9.17, 15) is 13.2 Å². The summed E-state index contributed by atoms with van der Waals surface area (Å²) in [4.78, 5) is 5.86. The summed E-state index contributed by atoms with van der Waals surface area (Å²) in [5.74, 6) is 0.139. The van der Waals surface area contributed by atoms with Crippen LogP contribution < -0.4 is 0 Å². The van der Waals surface area contributed by atoms with Crippen molar-refractivity contribution in [3.05, 3.63) is 71.2 Å². The van der Waals surface area contributed by atoms with Crippen molar-refractivity contribution in [2.75, 3.05) is 0 Å². The number of halogens is 3. The molecule has 0 bridgehead atoms. The summed E-state index contributed by atoms with van der Waals surface area (Å²) >= 11 is 1.50. The molecular weight excluding hydrogens is 375 g/mol. The van der Waals surface area contributed by atoms with Gasteiger partial charge in [-0.05, 0) is 17.3 Å². The summed E-state index contributed by atoms with van der Waals surface area (Å²) in [5, 5.41) is 14.7. The zero-order valence-corrected chi connectivity index (χ0v) is 14.6. The Morgan fingerprint density at radius 3 is 2.52 bits per heavy atom. The van der Waals surface area contributed by atoms with Gasteiger partial charge in [-0.3, -0.25) is 0 Å². The molecule has 27 heavy (non-hydrogen) atoms. The molecule has 5 nitrogen and oxygen atoms in total. The molecular formula is C18H12F3N5S. The molecule has 0 saturated heterocycles. The molecule has 2 aromatic heterocycles. The average molecular weight is 387 g/mol. The molecule has 0 radical (unpaired) electrons. The summed E-state index contributed by atoms with van der Waals surface area (Å²) < 4.78 is 38.5. The minimum absolute atomic E-state index is 0.139. The lowest BCUT2D eigenvalue weighted by molar-refractivity contribution is -0.137. The third-order valence-corrected chi connectivity index (χ3v) is 4.72. The summed E-state index contributed by atoms with van der Waals surface area (Å²) in [6.45, 7) is 0.287. The third kappa shape index (κ3) is 3.87. The minimum atomic E-state index is -4.42. The second-order valence-electron chi connectivity index (χ2n) is 5.73. The van der Waals surface area contributed by atoms with E-state index in [-0.39, 0.29) is 17.9 Å². The third-order valence-electron chi connectivity index (χ3n) is 3.78. The Morgan fingerprint density at radius 1 is 0.963 bits per heavy atom. The molecule has 0 spiro atoms. The molecule has 136 valence electrons. The lowest BCUT2D eigenvalue weighted by Crippen LogP contribution is -2.05. The van der Waals surface area contributed by atoms with E-state index in [1.807, 2.05) is 35.7 Å². The SMILES string of the molecule is FC(F)(F)c1cccc(-c2nnn(Cc3csc(-c4ccccc4)n3)n2)c1. The maximum atomic E-state index is 12.8. The molecule has 0 N–H and O–H groups in total. The number of aromatic nitrogens is 5. The highest BCUT2D eigenvalue weighted by molar-refractivity contribution is 7.13. The van der Waals surface area contributed by atoms with Gasteiger partial charge in [0.2, 0.25) is 5.82 Å². The van der Waals surface area contributed by atoms with Crippen molar-refractivity contribution < 1.29 is 13.2 Å². The number of thiazole rings is 1. The van der Waals surface area contributed by atoms with Crippen LogP contribution in [0.25, 0.3) is 22.0 Å². The molecule has 2 aromatic carbocycles. The number of tetrazole rings is 1. The number of alkyl halides is 3. The average Bonchev–Trinajstić information content (AvgIpc) is 3.32. The van der Waals surface area contributed by atoms with E-state index in [2.05, 4.69) is 20.4 Å². The molecule has 0 aliphatic carbocycles. The Kier molecular flexibility index (Phi) is 4.44. The lowest BCUT2D eigenvalue weighted by Gasteiger charge is -2.06. The molecule has 0 fully saturated rings. The highest BCUT2D eigenvalue weighted by Crippen LogP contribution is 2.31. The van der Waals surface area contributed by atoms with E-state index < -0.39 is 11.7 Å².